The molecule has 0 spiro atoms. The fraction of sp³-hybridized carbons (Fsp3) is 0.217. The molecule has 1 saturated heterocycles. The Kier molecular flexibility index (Phi) is 30.1. The zero-order valence-corrected chi connectivity index (χ0v) is 84.8. The van der Waals surface area contributed by atoms with Crippen LogP contribution in [0, 0.1) is 40.5 Å². The molecule has 1 aliphatic carbocycles. The molecule has 0 bridgehead atoms. The highest BCUT2D eigenvalue weighted by Gasteiger charge is 2.27. The molecule has 8 aromatic carbocycles. The second-order valence-electron chi connectivity index (χ2n) is 35.7. The maximum Gasteiger partial charge on any atom is 0.272 e. The summed E-state index contributed by atoms with van der Waals surface area (Å²) in [5.74, 6) is 2.40. The number of para-hydroxylation sites is 1. The topological polar surface area (TPSA) is 421 Å². The first kappa shape index (κ1) is 101. The number of anilines is 3. The number of benzene rings is 8. The van der Waals surface area contributed by atoms with E-state index in [1.807, 2.05) is 194 Å². The summed E-state index contributed by atoms with van der Waals surface area (Å²) in [5, 5.41) is 0. The molecule has 0 radical (unpaired) electrons. The van der Waals surface area contributed by atoms with Crippen molar-refractivity contribution in [3.8, 4) is 73.5 Å². The number of ether oxygens (including phenoxy) is 3. The van der Waals surface area contributed by atoms with Gasteiger partial charge in [-0.25, -0.2) is 42.1 Å². The number of hydrogen-bond acceptors (Lipinski definition) is 19. The van der Waals surface area contributed by atoms with Crippen molar-refractivity contribution in [2.75, 3.05) is 58.7 Å². The molecule has 18 aromatic rings. The molecule has 1 aliphatic heterocycles. The van der Waals surface area contributed by atoms with Gasteiger partial charge in [0.1, 0.15) is 50.9 Å². The van der Waals surface area contributed by atoms with Crippen molar-refractivity contribution in [1.29, 1.82) is 0 Å². The van der Waals surface area contributed by atoms with Gasteiger partial charge in [-0.1, -0.05) is 123 Å². The first-order valence-electron chi connectivity index (χ1n) is 45.9. The van der Waals surface area contributed by atoms with Gasteiger partial charge in [-0.15, -0.1) is 0 Å². The Bertz CT molecular complexity index is 8590. The van der Waals surface area contributed by atoms with Crippen molar-refractivity contribution in [2.24, 2.45) is 5.92 Å². The van der Waals surface area contributed by atoms with Crippen molar-refractivity contribution >= 4 is 106 Å². The normalized spacial score (nSPS) is 13.3. The fourth-order valence-electron chi connectivity index (χ4n) is 18.2. The van der Waals surface area contributed by atoms with Crippen molar-refractivity contribution in [2.45, 2.75) is 118 Å². The minimum absolute atomic E-state index is 0.0203. The molecular weight excluding hydrogens is 1940 g/mol. The Labute approximate surface area is 830 Å². The zero-order valence-electron chi connectivity index (χ0n) is 79.9. The van der Waals surface area contributed by atoms with Crippen LogP contribution in [0.25, 0.3) is 83.9 Å². The van der Waals surface area contributed by atoms with Crippen molar-refractivity contribution in [3.05, 3.63) is 371 Å². The summed E-state index contributed by atoms with van der Waals surface area (Å²) in [6.07, 6.45) is 32.2. The molecule has 1 saturated carbocycles. The Morgan fingerprint density at radius 1 is 0.364 bits per heavy atom. The smallest absolute Gasteiger partial charge is 0.272 e. The lowest BCUT2D eigenvalue weighted by atomic mass is 9.83. The van der Waals surface area contributed by atoms with Crippen LogP contribution in [0.4, 0.5) is 17.1 Å². The molecule has 8 N–H and O–H groups in total. The highest BCUT2D eigenvalue weighted by molar-refractivity contribution is 7.99. The summed E-state index contributed by atoms with van der Waals surface area (Å²) in [6.45, 7) is 10.7. The van der Waals surface area contributed by atoms with E-state index in [0.29, 0.717) is 109 Å². The van der Waals surface area contributed by atoms with Gasteiger partial charge in [-0.3, -0.25) is 38.1 Å². The van der Waals surface area contributed by atoms with Crippen LogP contribution in [0.5, 0.6) is 17.2 Å². The largest absolute Gasteiger partial charge is 0.490 e. The number of sulfonamides is 3. The second kappa shape index (κ2) is 42.6. The summed E-state index contributed by atoms with van der Waals surface area (Å²) < 4.78 is 153. The minimum Gasteiger partial charge on any atom is -0.490 e. The van der Waals surface area contributed by atoms with E-state index in [1.165, 1.54) is 44.4 Å². The summed E-state index contributed by atoms with van der Waals surface area (Å²) >= 11 is 1.58. The van der Waals surface area contributed by atoms with Crippen LogP contribution in [-0.2, 0) is 67.3 Å². The van der Waals surface area contributed by atoms with E-state index in [1.54, 1.807) is 131 Å². The lowest BCUT2D eigenvalue weighted by Crippen LogP contribution is -2.26. The quantitative estimate of drug-likeness (QED) is 0.0295. The minimum atomic E-state index is -3.43. The average molecular weight is 2040 g/mol. The average Bonchev–Trinajstić information content (AvgIpc) is 1.64. The highest BCUT2D eigenvalue weighted by atomic mass is 32.2. The predicted molar refractivity (Wildman–Crippen MR) is 564 cm³/mol. The Balaban J connectivity index is 0.000000128. The van der Waals surface area contributed by atoms with Crippen LogP contribution < -0.4 is 51.4 Å². The molecule has 31 nitrogen and oxygen atoms in total. The van der Waals surface area contributed by atoms with Crippen molar-refractivity contribution < 1.29 is 56.3 Å². The third-order valence-corrected chi connectivity index (χ3v) is 29.6. The number of fused-ring (bicyclic) bond motifs is 5. The molecule has 0 amide bonds. The molecule has 2 fully saturated rings. The van der Waals surface area contributed by atoms with Crippen LogP contribution in [0.1, 0.15) is 89.5 Å². The third kappa shape index (κ3) is 24.2. The molecule has 0 atom stereocenters. The molecule has 143 heavy (non-hydrogen) atoms. The summed E-state index contributed by atoms with van der Waals surface area (Å²) in [6, 6.07) is 65.2. The number of rotatable bonds is 23. The third-order valence-electron chi connectivity index (χ3n) is 24.5. The van der Waals surface area contributed by atoms with Gasteiger partial charge in [-0.2, -0.15) is 0 Å². The monoisotopic (exact) mass is 2040 g/mol. The number of H-pyrrole nitrogens is 5. The van der Waals surface area contributed by atoms with Gasteiger partial charge in [0.15, 0.2) is 19.7 Å². The number of hydrogen-bond donors (Lipinski definition) is 8. The van der Waals surface area contributed by atoms with Gasteiger partial charge in [0.25, 0.3) is 27.8 Å². The van der Waals surface area contributed by atoms with Gasteiger partial charge in [0, 0.05) is 142 Å². The number of aromatic amines is 5. The van der Waals surface area contributed by atoms with Gasteiger partial charge in [-0.05, 0) is 231 Å². The van der Waals surface area contributed by atoms with E-state index in [2.05, 4.69) is 51.2 Å². The van der Waals surface area contributed by atoms with Crippen molar-refractivity contribution in [3.63, 3.8) is 0 Å². The molecule has 10 aromatic heterocycles. The first-order chi connectivity index (χ1) is 68.1. The van der Waals surface area contributed by atoms with Gasteiger partial charge < -0.3 is 61.1 Å². The SMILES string of the molecule is Cc1cc(-c2cc(NS(C)(=O)=O)ccc2Cc2ccccc2)n2cc[nH]c(=O)c12.Cc1cc(-c2cc(NS(C)(=O)=O)ccc2OC2CCOCC2)n2cc[nH]c(=O)c12.Cc1cc(-c2cc(NS(C)(=O)=O)ccc2Sc2ccccc2)n2cc[nH]c(=O)c12.Cc1cc(-c2cc(S(C)(=O)=O)ccc2CC2CCCCC2)n2cc[nH]c(=O)c12.Cc1cc(-c2cc(S(C)(=O)=O)ccc2Oc2ccccc2)n2cc[nH]c(=O)c12. The second-order valence-corrected chi connectivity index (χ2v) is 46.1. The lowest BCUT2D eigenvalue weighted by Gasteiger charge is -2.25. The van der Waals surface area contributed by atoms with E-state index in [4.69, 9.17) is 14.2 Å². The predicted octanol–water partition coefficient (Wildman–Crippen LogP) is 18.2. The first-order valence-corrected chi connectivity index (χ1v) is 56.2. The van der Waals surface area contributed by atoms with E-state index >= 15 is 0 Å². The Morgan fingerprint density at radius 3 is 1.15 bits per heavy atom. The molecule has 37 heteroatoms. The number of nitrogens with one attached hydrogen (secondary N) is 8. The summed E-state index contributed by atoms with van der Waals surface area (Å²) in [5.41, 5.74) is 18.7. The van der Waals surface area contributed by atoms with Gasteiger partial charge >= 0.3 is 0 Å². The van der Waals surface area contributed by atoms with E-state index < -0.39 is 49.7 Å². The number of aromatic nitrogens is 10. The van der Waals surface area contributed by atoms with Crippen LogP contribution in [0.15, 0.2) is 318 Å². The summed E-state index contributed by atoms with van der Waals surface area (Å²) in [4.78, 5) is 77.4. The molecule has 20 rings (SSSR count). The van der Waals surface area contributed by atoms with E-state index in [9.17, 15) is 66.1 Å². The van der Waals surface area contributed by atoms with Gasteiger partial charge in [0.05, 0.1) is 70.2 Å². The number of nitrogens with zero attached hydrogens (tertiary/aromatic N) is 5. The summed E-state index contributed by atoms with van der Waals surface area (Å²) in [7, 11) is -17.0. The molecule has 11 heterocycles. The highest BCUT2D eigenvalue weighted by Crippen LogP contribution is 2.43. The van der Waals surface area contributed by atoms with Gasteiger partial charge in [0.2, 0.25) is 30.1 Å². The van der Waals surface area contributed by atoms with Crippen molar-refractivity contribution in [1.82, 2.24) is 46.9 Å². The van der Waals surface area contributed by atoms with E-state index in [-0.39, 0.29) is 38.8 Å². The maximum atomic E-state index is 12.3. The van der Waals surface area contributed by atoms with Crippen LogP contribution in [-0.4, -0.2) is 140 Å². The molecule has 0 unspecified atom stereocenters. The van der Waals surface area contributed by atoms with Crippen LogP contribution in [0.3, 0.4) is 0 Å². The van der Waals surface area contributed by atoms with Crippen LogP contribution >= 0.6 is 11.8 Å². The molecule has 740 valence electrons. The molecular formula is C106H107N13O18S6. The standard InChI is InChI=1S/C22H21N3O3S.C22H26N2O3S.C21H19N3O3S2.C21H18N2O4S.C20H23N3O5S/c1-15-12-20(25-11-10-23-22(26)21(15)25)19-14-18(24-29(2,27)28)9-8-17(19)13-16-6-4-3-5-7-16;1-15-12-20(24-11-10-23-22(25)21(15)24)19-14-18(28(2,26)27)9-8-17(19)13-16-6-4-3-5-7-16;1-14-12-18(24-11-10-22-21(25)20(14)24)17-13-15(23-29(2,26)27)8-9-19(17)28-16-6-4-3-5-7-16;1-14-12-18(23-11-10-22-21(24)20(14)23)17-13-16(28(2,25)26)8-9-19(17)27-15-6-4-3-5-7-15;1-13-11-17(23-8-7-21-20(24)19(13)23)16-12-14(22-29(2,25)26)3-4-18(16)28-15-5-9-27-10-6-15/h3-12,14,24H,13H2,1-2H3,(H,23,26);8-12,14,16H,3-7,13H2,1-2H3,(H,23,25);3-13,23H,1-2H3,(H,22,25);3-13H,1-2H3,(H,22,24);3-4,7-8,11-12,15,22H,5-6,9-10H2,1-2H3,(H,21,24). The number of sulfone groups is 2. The zero-order chi connectivity index (χ0) is 102. The van der Waals surface area contributed by atoms with E-state index in [0.717, 1.165) is 138 Å². The maximum absolute atomic E-state index is 12.3. The fourth-order valence-corrected chi connectivity index (χ4v) is 22.1. The Hall–Kier alpha value is -14.7. The molecule has 2 aliphatic rings. The van der Waals surface area contributed by atoms with Crippen LogP contribution in [0.2, 0.25) is 0 Å². The lowest BCUT2D eigenvalue weighted by molar-refractivity contribution is 0.0258. The Morgan fingerprint density at radius 2 is 0.713 bits per heavy atom. The number of aryl methyl sites for hydroxylation is 5.